The number of carbonyl (C=O) groups is 1. The standard InChI is InChI=1S/C22H22FN7OS/c1-29(2)9-10-30(18-11-16(23)26-12-27-18)17-6-3-13-14(28-17)4-5-15-19(13)20-21(32-15)22(31)25-8-7-24-20/h3-6,11-12,24H,7-10H2,1-2H3,(H,25,31). The predicted molar refractivity (Wildman–Crippen MR) is 125 cm³/mol. The lowest BCUT2D eigenvalue weighted by molar-refractivity contribution is 0.0962. The number of benzene rings is 1. The van der Waals surface area contributed by atoms with Crippen molar-refractivity contribution in [2.24, 2.45) is 0 Å². The van der Waals surface area contributed by atoms with E-state index in [0.717, 1.165) is 33.2 Å². The molecule has 0 fully saturated rings. The van der Waals surface area contributed by atoms with Crippen molar-refractivity contribution in [3.63, 3.8) is 0 Å². The highest BCUT2D eigenvalue weighted by Crippen LogP contribution is 2.41. The van der Waals surface area contributed by atoms with Gasteiger partial charge in [0.05, 0.1) is 11.2 Å². The number of fused-ring (bicyclic) bond motifs is 5. The molecule has 0 bridgehead atoms. The molecule has 1 amide bonds. The van der Waals surface area contributed by atoms with E-state index in [-0.39, 0.29) is 5.91 Å². The molecule has 32 heavy (non-hydrogen) atoms. The molecule has 4 aromatic rings. The fraction of sp³-hybridized carbons (Fsp3) is 0.273. The van der Waals surface area contributed by atoms with Gasteiger partial charge in [0.2, 0.25) is 5.95 Å². The number of hydrogen-bond donors (Lipinski definition) is 2. The number of carbonyl (C=O) groups excluding carboxylic acids is 1. The van der Waals surface area contributed by atoms with Crippen molar-refractivity contribution in [3.8, 4) is 0 Å². The number of pyridine rings is 1. The summed E-state index contributed by atoms with van der Waals surface area (Å²) in [5.41, 5.74) is 1.66. The van der Waals surface area contributed by atoms with E-state index in [2.05, 4.69) is 20.6 Å². The SMILES string of the molecule is CN(C)CCN(c1cc(F)ncn1)c1ccc2c(ccc3sc4c(c32)NCCNC4=O)n1. The number of aromatic nitrogens is 3. The zero-order chi connectivity index (χ0) is 22.2. The van der Waals surface area contributed by atoms with Crippen molar-refractivity contribution < 1.29 is 9.18 Å². The molecule has 3 aromatic heterocycles. The predicted octanol–water partition coefficient (Wildman–Crippen LogP) is 3.23. The van der Waals surface area contributed by atoms with E-state index in [1.54, 1.807) is 0 Å². The molecule has 1 aliphatic heterocycles. The molecule has 5 rings (SSSR count). The van der Waals surface area contributed by atoms with E-state index < -0.39 is 5.95 Å². The van der Waals surface area contributed by atoms with E-state index in [1.807, 2.05) is 48.2 Å². The number of nitrogens with zero attached hydrogens (tertiary/aromatic N) is 5. The van der Waals surface area contributed by atoms with Gasteiger partial charge in [-0.1, -0.05) is 0 Å². The Morgan fingerprint density at radius 3 is 2.72 bits per heavy atom. The summed E-state index contributed by atoms with van der Waals surface area (Å²) >= 11 is 1.48. The van der Waals surface area contributed by atoms with Crippen LogP contribution in [0.15, 0.2) is 36.7 Å². The molecule has 0 saturated carbocycles. The molecule has 0 saturated heterocycles. The highest BCUT2D eigenvalue weighted by molar-refractivity contribution is 7.21. The van der Waals surface area contributed by atoms with E-state index in [0.29, 0.717) is 36.1 Å². The maximum atomic E-state index is 13.8. The number of nitrogens with one attached hydrogen (secondary N) is 2. The van der Waals surface area contributed by atoms with Crippen molar-refractivity contribution in [3.05, 3.63) is 47.5 Å². The fourth-order valence-corrected chi connectivity index (χ4v) is 4.94. The number of halogens is 1. The highest BCUT2D eigenvalue weighted by Gasteiger charge is 2.23. The molecule has 0 radical (unpaired) electrons. The number of thiophene rings is 1. The Kier molecular flexibility index (Phi) is 5.32. The second-order valence-corrected chi connectivity index (χ2v) is 8.87. The smallest absolute Gasteiger partial charge is 0.263 e. The van der Waals surface area contributed by atoms with E-state index in [4.69, 9.17) is 4.98 Å². The van der Waals surface area contributed by atoms with Gasteiger partial charge in [0.15, 0.2) is 0 Å². The number of anilines is 3. The summed E-state index contributed by atoms with van der Waals surface area (Å²) < 4.78 is 14.8. The van der Waals surface area contributed by atoms with Crippen LogP contribution in [0, 0.1) is 5.95 Å². The molecular formula is C22H22FN7OS. The van der Waals surface area contributed by atoms with Crippen LogP contribution in [0.25, 0.3) is 21.0 Å². The summed E-state index contributed by atoms with van der Waals surface area (Å²) in [6.45, 7) is 2.58. The minimum Gasteiger partial charge on any atom is -0.381 e. The minimum atomic E-state index is -0.585. The summed E-state index contributed by atoms with van der Waals surface area (Å²) in [4.78, 5) is 29.8. The van der Waals surface area contributed by atoms with Crippen LogP contribution in [0.4, 0.5) is 21.7 Å². The minimum absolute atomic E-state index is 0.0513. The van der Waals surface area contributed by atoms with Gasteiger partial charge in [0.25, 0.3) is 5.91 Å². The molecular weight excluding hydrogens is 429 g/mol. The van der Waals surface area contributed by atoms with Gasteiger partial charge >= 0.3 is 0 Å². The third-order valence-corrected chi connectivity index (χ3v) is 6.52. The first-order valence-electron chi connectivity index (χ1n) is 10.3. The first kappa shape index (κ1) is 20.5. The van der Waals surface area contributed by atoms with E-state index in [1.165, 1.54) is 23.7 Å². The van der Waals surface area contributed by atoms with Crippen molar-refractivity contribution >= 4 is 55.6 Å². The first-order valence-corrected chi connectivity index (χ1v) is 11.1. The molecule has 8 nitrogen and oxygen atoms in total. The van der Waals surface area contributed by atoms with Gasteiger partial charge in [0, 0.05) is 47.7 Å². The van der Waals surface area contributed by atoms with E-state index >= 15 is 0 Å². The van der Waals surface area contributed by atoms with Crippen LogP contribution in [-0.4, -0.2) is 66.0 Å². The molecule has 1 aliphatic rings. The van der Waals surface area contributed by atoms with Crippen LogP contribution >= 0.6 is 11.3 Å². The monoisotopic (exact) mass is 451 g/mol. The molecule has 0 atom stereocenters. The summed E-state index contributed by atoms with van der Waals surface area (Å²) in [5, 5.41) is 8.29. The second-order valence-electron chi connectivity index (χ2n) is 7.82. The molecule has 0 spiro atoms. The lowest BCUT2D eigenvalue weighted by Crippen LogP contribution is -2.29. The van der Waals surface area contributed by atoms with E-state index in [9.17, 15) is 9.18 Å². The maximum absolute atomic E-state index is 13.8. The molecule has 2 N–H and O–H groups in total. The maximum Gasteiger partial charge on any atom is 0.263 e. The first-order chi connectivity index (χ1) is 15.5. The fourth-order valence-electron chi connectivity index (χ4n) is 3.83. The van der Waals surface area contributed by atoms with Crippen LogP contribution in [-0.2, 0) is 0 Å². The average Bonchev–Trinajstić information content (AvgIpc) is 3.06. The average molecular weight is 452 g/mol. The van der Waals surface area contributed by atoms with Gasteiger partial charge in [0.1, 0.15) is 22.8 Å². The van der Waals surface area contributed by atoms with Gasteiger partial charge in [-0.05, 0) is 38.4 Å². The Morgan fingerprint density at radius 2 is 1.91 bits per heavy atom. The Balaban J connectivity index is 1.63. The molecule has 10 heteroatoms. The van der Waals surface area contributed by atoms with Gasteiger partial charge in [-0.15, -0.1) is 11.3 Å². The zero-order valence-corrected chi connectivity index (χ0v) is 18.5. The number of hydrogen-bond acceptors (Lipinski definition) is 8. The van der Waals surface area contributed by atoms with Crippen LogP contribution in [0.2, 0.25) is 0 Å². The molecule has 164 valence electrons. The van der Waals surface area contributed by atoms with Crippen molar-refractivity contribution in [1.29, 1.82) is 0 Å². The van der Waals surface area contributed by atoms with Crippen LogP contribution in [0.1, 0.15) is 9.67 Å². The highest BCUT2D eigenvalue weighted by atomic mass is 32.1. The number of amides is 1. The zero-order valence-electron chi connectivity index (χ0n) is 17.7. The van der Waals surface area contributed by atoms with Crippen LogP contribution in [0.5, 0.6) is 0 Å². The van der Waals surface area contributed by atoms with Gasteiger partial charge in [-0.2, -0.15) is 4.39 Å². The topological polar surface area (TPSA) is 86.3 Å². The Morgan fingerprint density at radius 1 is 1.06 bits per heavy atom. The quantitative estimate of drug-likeness (QED) is 0.451. The second kappa shape index (κ2) is 8.29. The lowest BCUT2D eigenvalue weighted by atomic mass is 10.1. The Bertz CT molecular complexity index is 1320. The lowest BCUT2D eigenvalue weighted by Gasteiger charge is -2.24. The number of rotatable bonds is 5. The summed E-state index contributed by atoms with van der Waals surface area (Å²) in [5.74, 6) is 0.487. The summed E-state index contributed by atoms with van der Waals surface area (Å²) in [6.07, 6.45) is 1.22. The van der Waals surface area contributed by atoms with Crippen molar-refractivity contribution in [2.75, 3.05) is 50.5 Å². The van der Waals surface area contributed by atoms with Gasteiger partial charge in [-0.25, -0.2) is 15.0 Å². The van der Waals surface area contributed by atoms with Crippen molar-refractivity contribution in [1.82, 2.24) is 25.2 Å². The largest absolute Gasteiger partial charge is 0.381 e. The Hall–Kier alpha value is -3.37. The Labute approximate surface area is 188 Å². The van der Waals surface area contributed by atoms with Gasteiger partial charge in [-0.3, -0.25) is 4.79 Å². The van der Waals surface area contributed by atoms with Crippen LogP contribution in [0.3, 0.4) is 0 Å². The molecule has 0 unspecified atom stereocenters. The third kappa shape index (κ3) is 3.71. The number of likely N-dealkylation sites (N-methyl/N-ethyl adjacent to an activating group) is 1. The van der Waals surface area contributed by atoms with Crippen molar-refractivity contribution in [2.45, 2.75) is 0 Å². The normalized spacial score (nSPS) is 13.7. The summed E-state index contributed by atoms with van der Waals surface area (Å²) in [6, 6.07) is 9.19. The van der Waals surface area contributed by atoms with Crippen LogP contribution < -0.4 is 15.5 Å². The molecule has 1 aromatic carbocycles. The third-order valence-electron chi connectivity index (χ3n) is 5.37. The molecule has 4 heterocycles. The molecule has 0 aliphatic carbocycles. The summed E-state index contributed by atoms with van der Waals surface area (Å²) in [7, 11) is 3.96. The van der Waals surface area contributed by atoms with Gasteiger partial charge < -0.3 is 20.4 Å².